The number of aliphatic carboxylic acids is 1. The fourth-order valence-corrected chi connectivity index (χ4v) is 2.26. The van der Waals surface area contributed by atoms with Crippen LogP contribution in [-0.4, -0.2) is 45.2 Å². The molecule has 0 aliphatic carbocycles. The van der Waals surface area contributed by atoms with Crippen molar-refractivity contribution in [2.24, 2.45) is 5.92 Å². The number of hydrogen-bond donors (Lipinski definition) is 3. The van der Waals surface area contributed by atoms with Gasteiger partial charge in [-0.1, -0.05) is 6.07 Å². The van der Waals surface area contributed by atoms with Crippen LogP contribution in [-0.2, 0) is 9.59 Å². The summed E-state index contributed by atoms with van der Waals surface area (Å²) in [5.74, 6) is -1.82. The van der Waals surface area contributed by atoms with Crippen LogP contribution in [0.2, 0.25) is 0 Å². The molecule has 0 atom stereocenters. The van der Waals surface area contributed by atoms with Gasteiger partial charge in [-0.3, -0.25) is 9.59 Å². The van der Waals surface area contributed by atoms with Crippen molar-refractivity contribution in [3.8, 4) is 11.5 Å². The Morgan fingerprint density at radius 1 is 1.14 bits per heavy atom. The zero-order chi connectivity index (χ0) is 15.4. The quantitative estimate of drug-likeness (QED) is 0.578. The Balaban J connectivity index is 1.94. The number of carbonyl (C=O) groups excluding carboxylic acids is 1. The van der Waals surface area contributed by atoms with Gasteiger partial charge >= 0.3 is 5.97 Å². The Bertz CT molecular complexity index is 573. The van der Waals surface area contributed by atoms with E-state index in [4.69, 9.17) is 5.11 Å². The molecule has 21 heavy (non-hydrogen) atoms. The first-order chi connectivity index (χ1) is 9.97. The zero-order valence-electron chi connectivity index (χ0n) is 11.4. The summed E-state index contributed by atoms with van der Waals surface area (Å²) in [5, 5.41) is 27.5. The summed E-state index contributed by atoms with van der Waals surface area (Å²) < 4.78 is 0. The maximum absolute atomic E-state index is 12.0. The molecular weight excluding hydrogens is 274 g/mol. The molecule has 1 aromatic rings. The molecule has 0 bridgehead atoms. The largest absolute Gasteiger partial charge is 0.504 e. The van der Waals surface area contributed by atoms with Crippen LogP contribution >= 0.6 is 0 Å². The molecular formula is C15H17NO5. The molecule has 0 unspecified atom stereocenters. The standard InChI is InChI=1S/C15H17NO5/c17-12-3-1-10(9-13(12)18)2-4-14(19)16-7-5-11(6-8-16)15(20)21/h1-4,9,11,17-18H,5-8H2,(H,20,21)/b4-2+. The summed E-state index contributed by atoms with van der Waals surface area (Å²) in [6, 6.07) is 4.28. The number of rotatable bonds is 3. The number of phenolic OH excluding ortho intramolecular Hbond substituents is 2. The predicted molar refractivity (Wildman–Crippen MR) is 75.7 cm³/mol. The lowest BCUT2D eigenvalue weighted by Crippen LogP contribution is -2.39. The van der Waals surface area contributed by atoms with Crippen LogP contribution in [0, 0.1) is 5.92 Å². The third kappa shape index (κ3) is 3.75. The van der Waals surface area contributed by atoms with E-state index < -0.39 is 5.97 Å². The Kier molecular flexibility index (Phi) is 4.47. The van der Waals surface area contributed by atoms with E-state index in [-0.39, 0.29) is 23.3 Å². The molecule has 0 aromatic heterocycles. The molecule has 6 nitrogen and oxygen atoms in total. The minimum Gasteiger partial charge on any atom is -0.504 e. The maximum Gasteiger partial charge on any atom is 0.306 e. The molecule has 1 fully saturated rings. The van der Waals surface area contributed by atoms with E-state index in [1.165, 1.54) is 18.2 Å². The van der Waals surface area contributed by atoms with Gasteiger partial charge in [0.15, 0.2) is 11.5 Å². The van der Waals surface area contributed by atoms with Crippen molar-refractivity contribution in [1.82, 2.24) is 4.90 Å². The molecule has 0 saturated carbocycles. The van der Waals surface area contributed by atoms with Gasteiger partial charge in [0.2, 0.25) is 5.91 Å². The zero-order valence-corrected chi connectivity index (χ0v) is 11.4. The predicted octanol–water partition coefficient (Wildman–Crippen LogP) is 1.43. The molecule has 1 aliphatic heterocycles. The highest BCUT2D eigenvalue weighted by Gasteiger charge is 2.25. The van der Waals surface area contributed by atoms with Crippen molar-refractivity contribution in [3.63, 3.8) is 0 Å². The number of carbonyl (C=O) groups is 2. The maximum atomic E-state index is 12.0. The van der Waals surface area contributed by atoms with Crippen LogP contribution in [0.1, 0.15) is 18.4 Å². The Hall–Kier alpha value is -2.50. The fourth-order valence-electron chi connectivity index (χ4n) is 2.26. The second-order valence-electron chi connectivity index (χ2n) is 5.02. The van der Waals surface area contributed by atoms with Crippen LogP contribution in [0.25, 0.3) is 6.08 Å². The topological polar surface area (TPSA) is 98.1 Å². The number of nitrogens with zero attached hydrogens (tertiary/aromatic N) is 1. The third-order valence-electron chi connectivity index (χ3n) is 3.57. The van der Waals surface area contributed by atoms with Gasteiger partial charge in [0.25, 0.3) is 0 Å². The number of carboxylic acids is 1. The molecule has 2 rings (SSSR count). The lowest BCUT2D eigenvalue weighted by Gasteiger charge is -2.29. The first-order valence-electron chi connectivity index (χ1n) is 6.69. The molecule has 6 heteroatoms. The molecule has 1 heterocycles. The van der Waals surface area contributed by atoms with Crippen molar-refractivity contribution in [2.45, 2.75) is 12.8 Å². The molecule has 1 aromatic carbocycles. The molecule has 1 saturated heterocycles. The number of amides is 1. The first kappa shape index (κ1) is 14.9. The van der Waals surface area contributed by atoms with Gasteiger partial charge in [0.1, 0.15) is 0 Å². The van der Waals surface area contributed by atoms with E-state index in [1.807, 2.05) is 0 Å². The molecule has 112 valence electrons. The highest BCUT2D eigenvalue weighted by Crippen LogP contribution is 2.25. The highest BCUT2D eigenvalue weighted by atomic mass is 16.4. The van der Waals surface area contributed by atoms with Gasteiger partial charge in [-0.25, -0.2) is 0 Å². The normalized spacial score (nSPS) is 16.3. The average molecular weight is 291 g/mol. The average Bonchev–Trinajstić information content (AvgIpc) is 2.48. The third-order valence-corrected chi connectivity index (χ3v) is 3.57. The number of phenols is 2. The van der Waals surface area contributed by atoms with Gasteiger partial charge in [-0.2, -0.15) is 0 Å². The van der Waals surface area contributed by atoms with Gasteiger partial charge in [-0.05, 0) is 36.6 Å². The lowest BCUT2D eigenvalue weighted by molar-refractivity contribution is -0.144. The Morgan fingerprint density at radius 2 is 1.81 bits per heavy atom. The van der Waals surface area contributed by atoms with Crippen molar-refractivity contribution in [1.29, 1.82) is 0 Å². The number of hydrogen-bond acceptors (Lipinski definition) is 4. The molecule has 3 N–H and O–H groups in total. The molecule has 0 spiro atoms. The molecule has 0 radical (unpaired) electrons. The van der Waals surface area contributed by atoms with Crippen molar-refractivity contribution < 1.29 is 24.9 Å². The van der Waals surface area contributed by atoms with Crippen LogP contribution in [0.3, 0.4) is 0 Å². The summed E-state index contributed by atoms with van der Waals surface area (Å²) in [7, 11) is 0. The van der Waals surface area contributed by atoms with Crippen LogP contribution in [0.4, 0.5) is 0 Å². The minimum absolute atomic E-state index is 0.189. The fraction of sp³-hybridized carbons (Fsp3) is 0.333. The van der Waals surface area contributed by atoms with Crippen LogP contribution < -0.4 is 0 Å². The smallest absolute Gasteiger partial charge is 0.306 e. The summed E-state index contributed by atoms with van der Waals surface area (Å²) in [5.41, 5.74) is 0.596. The number of aromatic hydroxyl groups is 2. The second-order valence-corrected chi connectivity index (χ2v) is 5.02. The summed E-state index contributed by atoms with van der Waals surface area (Å²) in [6.07, 6.45) is 3.86. The van der Waals surface area contributed by atoms with E-state index in [0.29, 0.717) is 31.5 Å². The Morgan fingerprint density at radius 3 is 2.38 bits per heavy atom. The number of benzene rings is 1. The number of carboxylic acid groups (broad SMARTS) is 1. The molecule has 1 aliphatic rings. The van der Waals surface area contributed by atoms with Crippen molar-refractivity contribution in [3.05, 3.63) is 29.8 Å². The van der Waals surface area contributed by atoms with Crippen molar-refractivity contribution in [2.75, 3.05) is 13.1 Å². The van der Waals surface area contributed by atoms with Gasteiger partial charge in [-0.15, -0.1) is 0 Å². The lowest BCUT2D eigenvalue weighted by atomic mass is 9.97. The van der Waals surface area contributed by atoms with E-state index >= 15 is 0 Å². The number of piperidine rings is 1. The van der Waals surface area contributed by atoms with Gasteiger partial charge in [0, 0.05) is 19.2 Å². The van der Waals surface area contributed by atoms with E-state index in [0.717, 1.165) is 0 Å². The minimum atomic E-state index is -0.808. The highest BCUT2D eigenvalue weighted by molar-refractivity contribution is 5.92. The van der Waals surface area contributed by atoms with Gasteiger partial charge in [0.05, 0.1) is 5.92 Å². The summed E-state index contributed by atoms with van der Waals surface area (Å²) in [4.78, 5) is 24.4. The van der Waals surface area contributed by atoms with E-state index in [9.17, 15) is 19.8 Å². The van der Waals surface area contributed by atoms with E-state index in [1.54, 1.807) is 17.0 Å². The number of likely N-dealkylation sites (tertiary alicyclic amines) is 1. The second kappa shape index (κ2) is 6.30. The monoisotopic (exact) mass is 291 g/mol. The van der Waals surface area contributed by atoms with E-state index in [2.05, 4.69) is 0 Å². The molecule has 1 amide bonds. The van der Waals surface area contributed by atoms with Crippen molar-refractivity contribution >= 4 is 18.0 Å². The first-order valence-corrected chi connectivity index (χ1v) is 6.69. The summed E-state index contributed by atoms with van der Waals surface area (Å²) in [6.45, 7) is 0.863. The van der Waals surface area contributed by atoms with Crippen LogP contribution in [0.5, 0.6) is 11.5 Å². The van der Waals surface area contributed by atoms with Crippen LogP contribution in [0.15, 0.2) is 24.3 Å². The Labute approximate surface area is 121 Å². The van der Waals surface area contributed by atoms with Gasteiger partial charge < -0.3 is 20.2 Å². The SMILES string of the molecule is O=C(O)C1CCN(C(=O)/C=C/c2ccc(O)c(O)c2)CC1. The summed E-state index contributed by atoms with van der Waals surface area (Å²) >= 11 is 0.